The molecule has 3 aromatic rings. The lowest BCUT2D eigenvalue weighted by molar-refractivity contribution is 0.968. The van der Waals surface area contributed by atoms with Gasteiger partial charge in [-0.1, -0.05) is 6.07 Å². The molecule has 0 aliphatic carbocycles. The maximum absolute atomic E-state index is 5.52. The predicted molar refractivity (Wildman–Crippen MR) is 60.6 cm³/mol. The average Bonchev–Trinajstić information content (AvgIpc) is 2.69. The van der Waals surface area contributed by atoms with Crippen LogP contribution in [0.15, 0.2) is 42.9 Å². The molecule has 2 N–H and O–H groups in total. The van der Waals surface area contributed by atoms with Crippen molar-refractivity contribution in [2.75, 3.05) is 5.73 Å². The van der Waals surface area contributed by atoms with Crippen molar-refractivity contribution < 1.29 is 0 Å². The molecule has 0 spiro atoms. The molecule has 0 unspecified atom stereocenters. The standard InChI is InChI=1S/C11H9N5/c12-11-14-10-6-8(3-5-16(10)15-11)9-2-1-4-13-7-9/h1-7H,(H2,12,15). The van der Waals surface area contributed by atoms with Crippen LogP contribution in [0.4, 0.5) is 5.95 Å². The first-order valence-corrected chi connectivity index (χ1v) is 4.85. The van der Waals surface area contributed by atoms with Crippen molar-refractivity contribution in [2.24, 2.45) is 0 Å². The van der Waals surface area contributed by atoms with Gasteiger partial charge in [-0.3, -0.25) is 4.98 Å². The summed E-state index contributed by atoms with van der Waals surface area (Å²) >= 11 is 0. The number of rotatable bonds is 1. The van der Waals surface area contributed by atoms with Crippen LogP contribution >= 0.6 is 0 Å². The van der Waals surface area contributed by atoms with Crippen molar-refractivity contribution in [1.29, 1.82) is 0 Å². The third-order valence-corrected chi connectivity index (χ3v) is 2.35. The van der Waals surface area contributed by atoms with Crippen molar-refractivity contribution >= 4 is 11.6 Å². The van der Waals surface area contributed by atoms with Crippen molar-refractivity contribution in [2.45, 2.75) is 0 Å². The molecule has 0 atom stereocenters. The van der Waals surface area contributed by atoms with Gasteiger partial charge in [0.25, 0.3) is 0 Å². The SMILES string of the molecule is Nc1nc2cc(-c3cccnc3)ccn2n1. The van der Waals surface area contributed by atoms with Crippen molar-refractivity contribution in [1.82, 2.24) is 19.6 Å². The summed E-state index contributed by atoms with van der Waals surface area (Å²) in [6.07, 6.45) is 5.39. The molecule has 5 nitrogen and oxygen atoms in total. The molecule has 0 amide bonds. The second kappa shape index (κ2) is 3.30. The molecular formula is C11H9N5. The lowest BCUT2D eigenvalue weighted by Gasteiger charge is -2.00. The van der Waals surface area contributed by atoms with E-state index in [2.05, 4.69) is 15.1 Å². The van der Waals surface area contributed by atoms with E-state index in [1.54, 1.807) is 10.7 Å². The van der Waals surface area contributed by atoms with Crippen LogP contribution in [0.2, 0.25) is 0 Å². The molecule has 3 heterocycles. The van der Waals surface area contributed by atoms with Gasteiger partial charge in [-0.25, -0.2) is 4.52 Å². The average molecular weight is 211 g/mol. The van der Waals surface area contributed by atoms with Gasteiger partial charge < -0.3 is 5.73 Å². The lowest BCUT2D eigenvalue weighted by atomic mass is 10.1. The maximum Gasteiger partial charge on any atom is 0.240 e. The molecule has 16 heavy (non-hydrogen) atoms. The Labute approximate surface area is 91.6 Å². The number of nitrogen functional groups attached to an aromatic ring is 1. The molecule has 3 aromatic heterocycles. The zero-order chi connectivity index (χ0) is 11.0. The summed E-state index contributed by atoms with van der Waals surface area (Å²) in [4.78, 5) is 8.19. The molecule has 0 aromatic carbocycles. The third-order valence-electron chi connectivity index (χ3n) is 2.35. The first-order valence-electron chi connectivity index (χ1n) is 4.85. The van der Waals surface area contributed by atoms with E-state index < -0.39 is 0 Å². The Hall–Kier alpha value is -2.43. The van der Waals surface area contributed by atoms with Crippen LogP contribution < -0.4 is 5.73 Å². The van der Waals surface area contributed by atoms with Crippen LogP contribution in [0.1, 0.15) is 0 Å². The van der Waals surface area contributed by atoms with E-state index in [1.165, 1.54) is 0 Å². The number of pyridine rings is 2. The fourth-order valence-corrected chi connectivity index (χ4v) is 1.61. The summed E-state index contributed by atoms with van der Waals surface area (Å²) in [5.74, 6) is 0.281. The van der Waals surface area contributed by atoms with Crippen molar-refractivity contribution in [3.63, 3.8) is 0 Å². The van der Waals surface area contributed by atoms with Crippen LogP contribution in [-0.2, 0) is 0 Å². The zero-order valence-corrected chi connectivity index (χ0v) is 8.41. The minimum atomic E-state index is 0.281. The fourth-order valence-electron chi connectivity index (χ4n) is 1.61. The van der Waals surface area contributed by atoms with Crippen LogP contribution in [0, 0.1) is 0 Å². The van der Waals surface area contributed by atoms with E-state index in [9.17, 15) is 0 Å². The first kappa shape index (κ1) is 8.84. The number of hydrogen-bond acceptors (Lipinski definition) is 4. The normalized spacial score (nSPS) is 10.8. The van der Waals surface area contributed by atoms with Crippen LogP contribution in [0.5, 0.6) is 0 Å². The summed E-state index contributed by atoms with van der Waals surface area (Å²) < 4.78 is 1.65. The molecule has 0 bridgehead atoms. The summed E-state index contributed by atoms with van der Waals surface area (Å²) in [5, 5.41) is 4.02. The summed E-state index contributed by atoms with van der Waals surface area (Å²) in [5.41, 5.74) is 8.36. The largest absolute Gasteiger partial charge is 0.366 e. The van der Waals surface area contributed by atoms with Gasteiger partial charge in [-0.05, 0) is 23.8 Å². The van der Waals surface area contributed by atoms with Gasteiger partial charge >= 0.3 is 0 Å². The third kappa shape index (κ3) is 1.38. The van der Waals surface area contributed by atoms with Crippen LogP contribution in [0.3, 0.4) is 0 Å². The van der Waals surface area contributed by atoms with E-state index in [4.69, 9.17) is 5.73 Å². The molecule has 0 aliphatic heterocycles. The van der Waals surface area contributed by atoms with Gasteiger partial charge in [0.05, 0.1) is 0 Å². The van der Waals surface area contributed by atoms with Gasteiger partial charge in [-0.15, -0.1) is 5.10 Å². The first-order chi connectivity index (χ1) is 7.83. The zero-order valence-electron chi connectivity index (χ0n) is 8.41. The molecule has 0 fully saturated rings. The number of nitrogens with zero attached hydrogens (tertiary/aromatic N) is 4. The minimum absolute atomic E-state index is 0.281. The highest BCUT2D eigenvalue weighted by Gasteiger charge is 2.02. The fraction of sp³-hybridized carbons (Fsp3) is 0. The highest BCUT2D eigenvalue weighted by molar-refractivity contribution is 5.66. The monoisotopic (exact) mass is 211 g/mol. The topological polar surface area (TPSA) is 69.1 Å². The Kier molecular flexibility index (Phi) is 1.83. The summed E-state index contributed by atoms with van der Waals surface area (Å²) in [6.45, 7) is 0. The van der Waals surface area contributed by atoms with Gasteiger partial charge in [0, 0.05) is 24.2 Å². The molecule has 3 rings (SSSR count). The van der Waals surface area contributed by atoms with E-state index in [1.807, 2.05) is 36.7 Å². The number of anilines is 1. The van der Waals surface area contributed by atoms with Gasteiger partial charge in [-0.2, -0.15) is 4.98 Å². The predicted octanol–water partition coefficient (Wildman–Crippen LogP) is 1.37. The Balaban J connectivity index is 2.18. The number of fused-ring (bicyclic) bond motifs is 1. The van der Waals surface area contributed by atoms with Gasteiger partial charge in [0.15, 0.2) is 5.65 Å². The van der Waals surface area contributed by atoms with Gasteiger partial charge in [0.2, 0.25) is 5.95 Å². The second-order valence-electron chi connectivity index (χ2n) is 3.43. The van der Waals surface area contributed by atoms with E-state index in [0.29, 0.717) is 0 Å². The van der Waals surface area contributed by atoms with Crippen LogP contribution in [0.25, 0.3) is 16.8 Å². The van der Waals surface area contributed by atoms with E-state index in [0.717, 1.165) is 16.8 Å². The molecular weight excluding hydrogens is 202 g/mol. The molecule has 0 radical (unpaired) electrons. The van der Waals surface area contributed by atoms with Gasteiger partial charge in [0.1, 0.15) is 0 Å². The van der Waals surface area contributed by atoms with Crippen molar-refractivity contribution in [3.05, 3.63) is 42.9 Å². The summed E-state index contributed by atoms with van der Waals surface area (Å²) in [7, 11) is 0. The molecule has 78 valence electrons. The summed E-state index contributed by atoms with van der Waals surface area (Å²) in [6, 6.07) is 7.79. The van der Waals surface area contributed by atoms with E-state index in [-0.39, 0.29) is 5.95 Å². The molecule has 0 aliphatic rings. The van der Waals surface area contributed by atoms with Crippen molar-refractivity contribution in [3.8, 4) is 11.1 Å². The number of aromatic nitrogens is 4. The smallest absolute Gasteiger partial charge is 0.240 e. The highest BCUT2D eigenvalue weighted by Crippen LogP contribution is 2.19. The molecule has 0 saturated heterocycles. The maximum atomic E-state index is 5.52. The Morgan fingerprint density at radius 3 is 2.94 bits per heavy atom. The number of nitrogens with two attached hydrogens (primary N) is 1. The Bertz CT molecular complexity index is 629. The quantitative estimate of drug-likeness (QED) is 0.660. The minimum Gasteiger partial charge on any atom is -0.366 e. The Morgan fingerprint density at radius 2 is 2.12 bits per heavy atom. The Morgan fingerprint density at radius 1 is 1.19 bits per heavy atom. The number of hydrogen-bond donors (Lipinski definition) is 1. The second-order valence-corrected chi connectivity index (χ2v) is 3.43. The van der Waals surface area contributed by atoms with Crippen LogP contribution in [-0.4, -0.2) is 19.6 Å². The molecule has 5 heteroatoms. The van der Waals surface area contributed by atoms with E-state index >= 15 is 0 Å². The highest BCUT2D eigenvalue weighted by atomic mass is 15.3. The lowest BCUT2D eigenvalue weighted by Crippen LogP contribution is -1.89. The molecule has 0 saturated carbocycles.